The average molecular weight is 491 g/mol. The molecule has 6 nitrogen and oxygen atoms in total. The van der Waals surface area contributed by atoms with Crippen molar-refractivity contribution < 1.29 is 14.2 Å². The van der Waals surface area contributed by atoms with Crippen LogP contribution in [0.25, 0.3) is 0 Å². The fraction of sp³-hybridized carbons (Fsp3) is 0.650. The van der Waals surface area contributed by atoms with Crippen LogP contribution in [0, 0.1) is 6.92 Å². The van der Waals surface area contributed by atoms with E-state index in [0.717, 1.165) is 31.3 Å². The Labute approximate surface area is 180 Å². The summed E-state index contributed by atoms with van der Waals surface area (Å²) < 4.78 is 17.1. The van der Waals surface area contributed by atoms with Crippen LogP contribution < -0.4 is 15.4 Å². The predicted molar refractivity (Wildman–Crippen MR) is 120 cm³/mol. The molecule has 3 atom stereocenters. The first kappa shape index (κ1) is 24.0. The molecule has 1 aromatic carbocycles. The number of hydrogen-bond donors (Lipinski definition) is 2. The van der Waals surface area contributed by atoms with Crippen LogP contribution in [-0.2, 0) is 9.47 Å². The fourth-order valence-electron chi connectivity index (χ4n) is 2.63. The Morgan fingerprint density at radius 1 is 1.30 bits per heavy atom. The third-order valence-corrected chi connectivity index (χ3v) is 4.06. The lowest BCUT2D eigenvalue weighted by Crippen LogP contribution is -2.45. The smallest absolute Gasteiger partial charge is 0.191 e. The third kappa shape index (κ3) is 9.62. The van der Waals surface area contributed by atoms with Crippen molar-refractivity contribution in [1.82, 2.24) is 10.6 Å². The van der Waals surface area contributed by atoms with Crippen molar-refractivity contribution >= 4 is 29.9 Å². The van der Waals surface area contributed by atoms with Gasteiger partial charge in [0.1, 0.15) is 11.9 Å². The molecule has 1 aliphatic rings. The third-order valence-electron chi connectivity index (χ3n) is 4.06. The Morgan fingerprint density at radius 3 is 2.67 bits per heavy atom. The monoisotopic (exact) mass is 491 g/mol. The van der Waals surface area contributed by atoms with Crippen LogP contribution in [0.5, 0.6) is 5.75 Å². The minimum Gasteiger partial charge on any atom is -0.489 e. The Hall–Kier alpha value is -1.06. The van der Waals surface area contributed by atoms with Gasteiger partial charge in [-0.3, -0.25) is 0 Å². The predicted octanol–water partition coefficient (Wildman–Crippen LogP) is 3.13. The molecule has 2 N–H and O–H groups in total. The van der Waals surface area contributed by atoms with E-state index in [0.29, 0.717) is 19.8 Å². The van der Waals surface area contributed by atoms with E-state index in [1.165, 1.54) is 5.56 Å². The second kappa shape index (κ2) is 13.2. The summed E-state index contributed by atoms with van der Waals surface area (Å²) in [4.78, 5) is 4.64. The highest BCUT2D eigenvalue weighted by Crippen LogP contribution is 2.13. The maximum atomic E-state index is 5.92. The van der Waals surface area contributed by atoms with Crippen molar-refractivity contribution in [2.24, 2.45) is 4.99 Å². The van der Waals surface area contributed by atoms with Crippen molar-refractivity contribution in [3.8, 4) is 5.75 Å². The van der Waals surface area contributed by atoms with E-state index in [-0.39, 0.29) is 42.2 Å². The number of nitrogens with one attached hydrogen (secondary N) is 2. The molecule has 154 valence electrons. The van der Waals surface area contributed by atoms with Gasteiger partial charge in [0.15, 0.2) is 5.96 Å². The Morgan fingerprint density at radius 2 is 2.04 bits per heavy atom. The minimum atomic E-state index is -0.00430. The number of aliphatic imine (C=N–C) groups is 1. The largest absolute Gasteiger partial charge is 0.489 e. The maximum absolute atomic E-state index is 5.92. The molecular weight excluding hydrogens is 457 g/mol. The van der Waals surface area contributed by atoms with Gasteiger partial charge < -0.3 is 24.8 Å². The van der Waals surface area contributed by atoms with Gasteiger partial charge in [0.05, 0.1) is 25.9 Å². The van der Waals surface area contributed by atoms with E-state index in [1.54, 1.807) is 0 Å². The lowest BCUT2D eigenvalue weighted by Gasteiger charge is -2.20. The van der Waals surface area contributed by atoms with Gasteiger partial charge in [0, 0.05) is 19.2 Å². The van der Waals surface area contributed by atoms with Crippen LogP contribution in [0.3, 0.4) is 0 Å². The number of nitrogens with zero attached hydrogens (tertiary/aromatic N) is 1. The van der Waals surface area contributed by atoms with Crippen molar-refractivity contribution in [1.29, 1.82) is 0 Å². The number of guanidine groups is 1. The molecule has 0 saturated carbocycles. The molecule has 1 fully saturated rings. The number of aryl methyl sites for hydroxylation is 1. The first-order chi connectivity index (χ1) is 12.6. The van der Waals surface area contributed by atoms with Crippen LogP contribution in [0.2, 0.25) is 0 Å². The second-order valence-electron chi connectivity index (χ2n) is 6.83. The molecule has 0 radical (unpaired) electrons. The van der Waals surface area contributed by atoms with Crippen molar-refractivity contribution in [2.75, 3.05) is 32.9 Å². The van der Waals surface area contributed by atoms with Gasteiger partial charge in [-0.2, -0.15) is 0 Å². The molecule has 1 heterocycles. The summed E-state index contributed by atoms with van der Waals surface area (Å²) in [7, 11) is 0. The molecule has 1 aromatic rings. The first-order valence-electron chi connectivity index (χ1n) is 9.54. The number of halogens is 1. The number of benzene rings is 1. The molecule has 0 aromatic heterocycles. The number of hydrogen-bond acceptors (Lipinski definition) is 4. The van der Waals surface area contributed by atoms with Crippen LogP contribution in [-0.4, -0.2) is 57.1 Å². The number of ether oxygens (including phenoxy) is 3. The molecule has 3 unspecified atom stereocenters. The minimum absolute atomic E-state index is 0. The van der Waals surface area contributed by atoms with Crippen molar-refractivity contribution in [2.45, 2.75) is 52.4 Å². The molecule has 2 rings (SSSR count). The second-order valence-corrected chi connectivity index (χ2v) is 6.83. The Balaban J connectivity index is 0.00000364. The highest BCUT2D eigenvalue weighted by molar-refractivity contribution is 14.0. The standard InChI is InChI=1S/C20H33N3O3.HI/c1-5-21-20(23-16(3)13-25-19-10-11-24-14-19)22-12-17(4)26-18-8-6-15(2)7-9-18;/h6-9,16-17,19H,5,10-14H2,1-4H3,(H2,21,22,23);1H. The van der Waals surface area contributed by atoms with Crippen molar-refractivity contribution in [3.05, 3.63) is 29.8 Å². The fourth-order valence-corrected chi connectivity index (χ4v) is 2.63. The van der Waals surface area contributed by atoms with Gasteiger partial charge in [0.25, 0.3) is 0 Å². The van der Waals surface area contributed by atoms with E-state index in [4.69, 9.17) is 14.2 Å². The molecule has 7 heteroatoms. The van der Waals surface area contributed by atoms with E-state index in [2.05, 4.69) is 36.4 Å². The van der Waals surface area contributed by atoms with E-state index < -0.39 is 0 Å². The van der Waals surface area contributed by atoms with Crippen LogP contribution >= 0.6 is 24.0 Å². The SMILES string of the molecule is CCNC(=NCC(C)Oc1ccc(C)cc1)NC(C)COC1CCOC1.I. The zero-order chi connectivity index (χ0) is 18.8. The lowest BCUT2D eigenvalue weighted by molar-refractivity contribution is 0.0347. The summed E-state index contributed by atoms with van der Waals surface area (Å²) in [6.45, 7) is 11.8. The molecular formula is C20H34IN3O3. The molecule has 0 amide bonds. The molecule has 1 aliphatic heterocycles. The first-order valence-corrected chi connectivity index (χ1v) is 9.54. The highest BCUT2D eigenvalue weighted by Gasteiger charge is 2.17. The highest BCUT2D eigenvalue weighted by atomic mass is 127. The van der Waals surface area contributed by atoms with Crippen LogP contribution in [0.1, 0.15) is 32.8 Å². The molecule has 27 heavy (non-hydrogen) atoms. The zero-order valence-corrected chi connectivity index (χ0v) is 19.2. The van der Waals surface area contributed by atoms with Crippen molar-refractivity contribution in [3.63, 3.8) is 0 Å². The van der Waals surface area contributed by atoms with Gasteiger partial charge in [-0.15, -0.1) is 24.0 Å². The Kier molecular flexibility index (Phi) is 11.7. The van der Waals surface area contributed by atoms with Gasteiger partial charge in [-0.25, -0.2) is 4.99 Å². The van der Waals surface area contributed by atoms with E-state index >= 15 is 0 Å². The quantitative estimate of drug-likeness (QED) is 0.316. The topological polar surface area (TPSA) is 64.1 Å². The lowest BCUT2D eigenvalue weighted by atomic mass is 10.2. The van der Waals surface area contributed by atoms with Gasteiger partial charge in [0.2, 0.25) is 0 Å². The molecule has 0 spiro atoms. The summed E-state index contributed by atoms with van der Waals surface area (Å²) in [5.41, 5.74) is 1.22. The van der Waals surface area contributed by atoms with E-state index in [1.807, 2.05) is 31.2 Å². The van der Waals surface area contributed by atoms with Crippen LogP contribution in [0.4, 0.5) is 0 Å². The van der Waals surface area contributed by atoms with Crippen LogP contribution in [0.15, 0.2) is 29.3 Å². The molecule has 0 bridgehead atoms. The summed E-state index contributed by atoms with van der Waals surface area (Å²) in [6.07, 6.45) is 1.20. The Bertz CT molecular complexity index is 548. The summed E-state index contributed by atoms with van der Waals surface area (Å²) in [5.74, 6) is 1.66. The van der Waals surface area contributed by atoms with Gasteiger partial charge in [-0.05, 0) is 46.2 Å². The normalized spacial score (nSPS) is 19.1. The van der Waals surface area contributed by atoms with E-state index in [9.17, 15) is 0 Å². The number of rotatable bonds is 9. The molecule has 0 aliphatic carbocycles. The summed E-state index contributed by atoms with van der Waals surface area (Å²) in [6, 6.07) is 8.25. The van der Waals surface area contributed by atoms with Gasteiger partial charge >= 0.3 is 0 Å². The average Bonchev–Trinajstić information content (AvgIpc) is 3.14. The zero-order valence-electron chi connectivity index (χ0n) is 16.9. The van der Waals surface area contributed by atoms with Gasteiger partial charge in [-0.1, -0.05) is 17.7 Å². The summed E-state index contributed by atoms with van der Waals surface area (Å²) >= 11 is 0. The maximum Gasteiger partial charge on any atom is 0.191 e. The summed E-state index contributed by atoms with van der Waals surface area (Å²) in [5, 5.41) is 6.66. The molecule has 1 saturated heterocycles.